The largest absolute Gasteiger partial charge is 0.507 e. The quantitative estimate of drug-likeness (QED) is 0.572. The monoisotopic (exact) mass is 299 g/mol. The third-order valence-corrected chi connectivity index (χ3v) is 3.83. The Bertz CT molecular complexity index is 765. The van der Waals surface area contributed by atoms with E-state index in [0.717, 1.165) is 10.2 Å². The van der Waals surface area contributed by atoms with Crippen LogP contribution in [0, 0.1) is 0 Å². The molecule has 0 fully saturated rings. The van der Waals surface area contributed by atoms with Crippen molar-refractivity contribution in [1.29, 1.82) is 0 Å². The van der Waals surface area contributed by atoms with Crippen LogP contribution in [0.25, 0.3) is 10.2 Å². The Morgan fingerprint density at radius 1 is 1.29 bits per heavy atom. The number of phenolic OH excluding ortho intramolecular Hbond substituents is 1. The molecule has 0 saturated heterocycles. The number of anilines is 1. The zero-order valence-electron chi connectivity index (χ0n) is 11.3. The van der Waals surface area contributed by atoms with E-state index >= 15 is 0 Å². The molecule has 0 unspecified atom stereocenters. The molecule has 0 amide bonds. The lowest BCUT2D eigenvalue weighted by atomic mass is 10.2. The predicted octanol–water partition coefficient (Wildman–Crippen LogP) is 3.46. The number of nitrogens with zero attached hydrogens (tertiary/aromatic N) is 2. The number of para-hydroxylation sites is 1. The second kappa shape index (κ2) is 5.80. The lowest BCUT2D eigenvalue weighted by molar-refractivity contribution is 0.412. The SMILES string of the molecule is COc1ccc(O)c(/C=N\Nc2nc3ccccc3s2)c1. The van der Waals surface area contributed by atoms with Gasteiger partial charge in [0.2, 0.25) is 5.13 Å². The van der Waals surface area contributed by atoms with E-state index in [1.54, 1.807) is 25.3 Å². The summed E-state index contributed by atoms with van der Waals surface area (Å²) in [7, 11) is 1.58. The van der Waals surface area contributed by atoms with Crippen LogP contribution >= 0.6 is 11.3 Å². The van der Waals surface area contributed by atoms with E-state index in [9.17, 15) is 5.11 Å². The van der Waals surface area contributed by atoms with Crippen molar-refractivity contribution in [2.24, 2.45) is 5.10 Å². The summed E-state index contributed by atoms with van der Waals surface area (Å²) < 4.78 is 6.21. The molecule has 6 heteroatoms. The maximum Gasteiger partial charge on any atom is 0.204 e. The highest BCUT2D eigenvalue weighted by Gasteiger charge is 2.02. The van der Waals surface area contributed by atoms with Gasteiger partial charge in [-0.05, 0) is 30.3 Å². The highest BCUT2D eigenvalue weighted by atomic mass is 32.1. The van der Waals surface area contributed by atoms with Gasteiger partial charge in [-0.3, -0.25) is 5.43 Å². The summed E-state index contributed by atoms with van der Waals surface area (Å²) in [4.78, 5) is 4.41. The number of hydrogen-bond acceptors (Lipinski definition) is 6. The van der Waals surface area contributed by atoms with Gasteiger partial charge in [-0.15, -0.1) is 0 Å². The molecule has 2 N–H and O–H groups in total. The van der Waals surface area contributed by atoms with Gasteiger partial charge in [0.15, 0.2) is 0 Å². The maximum atomic E-state index is 9.75. The fourth-order valence-corrected chi connectivity index (χ4v) is 2.66. The Labute approximate surface area is 125 Å². The number of nitrogens with one attached hydrogen (secondary N) is 1. The zero-order valence-corrected chi connectivity index (χ0v) is 12.1. The van der Waals surface area contributed by atoms with Crippen molar-refractivity contribution in [3.05, 3.63) is 48.0 Å². The molecule has 0 radical (unpaired) electrons. The lowest BCUT2D eigenvalue weighted by Gasteiger charge is -2.02. The van der Waals surface area contributed by atoms with Crippen LogP contribution in [0.5, 0.6) is 11.5 Å². The minimum absolute atomic E-state index is 0.144. The molecule has 0 saturated carbocycles. The van der Waals surface area contributed by atoms with E-state index < -0.39 is 0 Å². The minimum Gasteiger partial charge on any atom is -0.507 e. The lowest BCUT2D eigenvalue weighted by Crippen LogP contribution is -1.91. The van der Waals surface area contributed by atoms with Crippen molar-refractivity contribution in [2.75, 3.05) is 12.5 Å². The van der Waals surface area contributed by atoms with Crippen LogP contribution in [0.2, 0.25) is 0 Å². The first-order valence-electron chi connectivity index (χ1n) is 6.28. The van der Waals surface area contributed by atoms with Crippen molar-refractivity contribution < 1.29 is 9.84 Å². The molecule has 3 aromatic rings. The highest BCUT2D eigenvalue weighted by molar-refractivity contribution is 7.22. The van der Waals surface area contributed by atoms with Crippen LogP contribution in [0.15, 0.2) is 47.6 Å². The maximum absolute atomic E-state index is 9.75. The molecule has 1 heterocycles. The van der Waals surface area contributed by atoms with Crippen LogP contribution in [0.1, 0.15) is 5.56 Å². The molecule has 106 valence electrons. The third kappa shape index (κ3) is 2.95. The summed E-state index contributed by atoms with van der Waals surface area (Å²) in [5, 5.41) is 14.6. The summed E-state index contributed by atoms with van der Waals surface area (Å²) in [6, 6.07) is 12.8. The Kier molecular flexibility index (Phi) is 3.70. The van der Waals surface area contributed by atoms with Gasteiger partial charge < -0.3 is 9.84 Å². The molecule has 3 rings (SSSR count). The molecule has 2 aromatic carbocycles. The van der Waals surface area contributed by atoms with E-state index in [2.05, 4.69) is 15.5 Å². The fraction of sp³-hybridized carbons (Fsp3) is 0.0667. The summed E-state index contributed by atoms with van der Waals surface area (Å²) in [5.41, 5.74) is 4.38. The summed E-state index contributed by atoms with van der Waals surface area (Å²) in [6.45, 7) is 0. The molecule has 0 atom stereocenters. The Hall–Kier alpha value is -2.60. The van der Waals surface area contributed by atoms with Gasteiger partial charge in [-0.2, -0.15) is 5.10 Å². The van der Waals surface area contributed by atoms with E-state index in [-0.39, 0.29) is 5.75 Å². The Morgan fingerprint density at radius 2 is 2.14 bits per heavy atom. The first kappa shape index (κ1) is 13.4. The van der Waals surface area contributed by atoms with Gasteiger partial charge in [0.05, 0.1) is 23.5 Å². The number of ether oxygens (including phenoxy) is 1. The van der Waals surface area contributed by atoms with Crippen LogP contribution in [-0.4, -0.2) is 23.4 Å². The van der Waals surface area contributed by atoms with Gasteiger partial charge >= 0.3 is 0 Å². The summed E-state index contributed by atoms with van der Waals surface area (Å²) in [5.74, 6) is 0.805. The zero-order chi connectivity index (χ0) is 14.7. The van der Waals surface area contributed by atoms with Crippen molar-refractivity contribution in [2.45, 2.75) is 0 Å². The van der Waals surface area contributed by atoms with Crippen LogP contribution in [0.3, 0.4) is 0 Å². The number of thiazole rings is 1. The molecule has 5 nitrogen and oxygen atoms in total. The normalized spacial score (nSPS) is 11.1. The van der Waals surface area contributed by atoms with E-state index in [1.807, 2.05) is 24.3 Å². The number of aromatic hydroxyl groups is 1. The average molecular weight is 299 g/mol. The van der Waals surface area contributed by atoms with Crippen molar-refractivity contribution in [3.8, 4) is 11.5 Å². The van der Waals surface area contributed by atoms with Gasteiger partial charge in [0, 0.05) is 5.56 Å². The topological polar surface area (TPSA) is 66.7 Å². The summed E-state index contributed by atoms with van der Waals surface area (Å²) in [6.07, 6.45) is 1.53. The molecule has 0 aliphatic carbocycles. The van der Waals surface area contributed by atoms with Crippen molar-refractivity contribution in [3.63, 3.8) is 0 Å². The number of benzene rings is 2. The standard InChI is InChI=1S/C15H13N3O2S/c1-20-11-6-7-13(19)10(8-11)9-16-18-15-17-12-4-2-3-5-14(12)21-15/h2-9,19H,1H3,(H,17,18)/b16-9-. The molecule has 1 aromatic heterocycles. The second-order valence-corrected chi connectivity index (χ2v) is 5.31. The number of aromatic nitrogens is 1. The molecule has 0 aliphatic rings. The van der Waals surface area contributed by atoms with Crippen LogP contribution in [-0.2, 0) is 0 Å². The predicted molar refractivity (Wildman–Crippen MR) is 85.5 cm³/mol. The number of methoxy groups -OCH3 is 1. The molecular formula is C15H13N3O2S. The number of phenols is 1. The van der Waals surface area contributed by atoms with E-state index in [0.29, 0.717) is 16.4 Å². The second-order valence-electron chi connectivity index (χ2n) is 4.28. The number of hydrogen-bond donors (Lipinski definition) is 2. The molecule has 0 aliphatic heterocycles. The van der Waals surface area contributed by atoms with Crippen LogP contribution in [0.4, 0.5) is 5.13 Å². The first-order valence-corrected chi connectivity index (χ1v) is 7.09. The Morgan fingerprint density at radius 3 is 2.95 bits per heavy atom. The molecular weight excluding hydrogens is 286 g/mol. The smallest absolute Gasteiger partial charge is 0.204 e. The molecule has 21 heavy (non-hydrogen) atoms. The molecule has 0 bridgehead atoms. The van der Waals surface area contributed by atoms with Gasteiger partial charge in [0.1, 0.15) is 11.5 Å². The van der Waals surface area contributed by atoms with Gasteiger partial charge in [-0.25, -0.2) is 4.98 Å². The average Bonchev–Trinajstić information content (AvgIpc) is 2.92. The third-order valence-electron chi connectivity index (χ3n) is 2.89. The Balaban J connectivity index is 1.77. The summed E-state index contributed by atoms with van der Waals surface area (Å²) >= 11 is 1.52. The van der Waals surface area contributed by atoms with Gasteiger partial charge in [0.25, 0.3) is 0 Å². The van der Waals surface area contributed by atoms with Gasteiger partial charge in [-0.1, -0.05) is 23.5 Å². The van der Waals surface area contributed by atoms with Crippen molar-refractivity contribution in [1.82, 2.24) is 4.98 Å². The first-order chi connectivity index (χ1) is 10.3. The fourth-order valence-electron chi connectivity index (χ4n) is 1.84. The molecule has 0 spiro atoms. The van der Waals surface area contributed by atoms with E-state index in [4.69, 9.17) is 4.74 Å². The number of hydrazone groups is 1. The van der Waals surface area contributed by atoms with Crippen molar-refractivity contribution >= 4 is 32.9 Å². The number of fused-ring (bicyclic) bond motifs is 1. The highest BCUT2D eigenvalue weighted by Crippen LogP contribution is 2.25. The minimum atomic E-state index is 0.144. The van der Waals surface area contributed by atoms with Crippen LogP contribution < -0.4 is 10.2 Å². The number of rotatable bonds is 4. The van der Waals surface area contributed by atoms with E-state index in [1.165, 1.54) is 17.6 Å².